The monoisotopic (exact) mass is 442 g/mol. The summed E-state index contributed by atoms with van der Waals surface area (Å²) >= 11 is 0. The fraction of sp³-hybridized carbons (Fsp3) is 0.478. The van der Waals surface area contributed by atoms with Crippen LogP contribution in [0.1, 0.15) is 73.6 Å². The van der Waals surface area contributed by atoms with Gasteiger partial charge in [0.1, 0.15) is 11.4 Å². The van der Waals surface area contributed by atoms with Crippen molar-refractivity contribution in [1.82, 2.24) is 19.9 Å². The van der Waals surface area contributed by atoms with Crippen molar-refractivity contribution in [3.8, 4) is 11.6 Å². The van der Waals surface area contributed by atoms with Crippen molar-refractivity contribution in [1.29, 1.82) is 0 Å². The molecule has 2 aliphatic carbocycles. The summed E-state index contributed by atoms with van der Waals surface area (Å²) in [5.74, 6) is -0.495. The van der Waals surface area contributed by atoms with Gasteiger partial charge in [-0.05, 0) is 62.6 Å². The largest absolute Gasteiger partial charge is 0.481 e. The number of halogens is 2. The average molecular weight is 442 g/mol. The number of benzene rings is 1. The lowest BCUT2D eigenvalue weighted by molar-refractivity contribution is -0.143. The quantitative estimate of drug-likeness (QED) is 0.572. The lowest BCUT2D eigenvalue weighted by atomic mass is 9.86. The minimum Gasteiger partial charge on any atom is -0.481 e. The highest BCUT2D eigenvalue weighted by atomic mass is 19.3. The highest BCUT2D eigenvalue weighted by molar-refractivity contribution is 5.70. The molecule has 0 saturated heterocycles. The predicted molar refractivity (Wildman–Crippen MR) is 110 cm³/mol. The maximum atomic E-state index is 13.5. The minimum absolute atomic E-state index is 0.166. The van der Waals surface area contributed by atoms with Crippen LogP contribution in [0.15, 0.2) is 34.9 Å². The molecule has 0 radical (unpaired) electrons. The molecule has 2 fully saturated rings. The maximum Gasteiger partial charge on any atom is 0.306 e. The van der Waals surface area contributed by atoms with Crippen molar-refractivity contribution in [3.05, 3.63) is 53.0 Å². The van der Waals surface area contributed by atoms with E-state index < -0.39 is 18.3 Å². The predicted octanol–water partition coefficient (Wildman–Crippen LogP) is 5.07. The fourth-order valence-electron chi connectivity index (χ4n) is 4.90. The molecule has 0 aliphatic heterocycles. The molecule has 0 bridgehead atoms. The molecule has 0 amide bonds. The van der Waals surface area contributed by atoms with Gasteiger partial charge in [0.05, 0.1) is 17.4 Å². The van der Waals surface area contributed by atoms with Crippen LogP contribution in [0.2, 0.25) is 0 Å². The number of carboxylic acid groups (broad SMARTS) is 1. The molecule has 0 atom stereocenters. The van der Waals surface area contributed by atoms with E-state index in [4.69, 9.17) is 4.52 Å². The van der Waals surface area contributed by atoms with Gasteiger partial charge >= 0.3 is 5.97 Å². The smallest absolute Gasteiger partial charge is 0.306 e. The first-order valence-corrected chi connectivity index (χ1v) is 10.9. The Morgan fingerprint density at radius 1 is 1.22 bits per heavy atom. The average Bonchev–Trinajstić information content (AvgIpc) is 3.22. The Hall–Kier alpha value is -3.10. The van der Waals surface area contributed by atoms with E-state index in [1.165, 1.54) is 10.7 Å². The topological polar surface area (TPSA) is 94.0 Å². The molecule has 9 heteroatoms. The standard InChI is InChI=1S/C23H24F2N4O3/c1-13-4-2-3-5-16(13)23(10-11-23)22-26-20(32-28-22)18-12-17(19(24)25)27-29(18)15-8-6-14(7-9-15)21(30)31/h2-5,12,14-15,19H,6-11H2,1H3,(H,30,31). The molecule has 32 heavy (non-hydrogen) atoms. The number of aryl methyl sites for hydroxylation is 1. The molecule has 2 aliphatic rings. The molecular weight excluding hydrogens is 418 g/mol. The third kappa shape index (κ3) is 3.49. The van der Waals surface area contributed by atoms with Gasteiger partial charge in [-0.15, -0.1) is 0 Å². The van der Waals surface area contributed by atoms with Crippen molar-refractivity contribution >= 4 is 5.97 Å². The van der Waals surface area contributed by atoms with Crippen molar-refractivity contribution in [2.45, 2.75) is 63.3 Å². The molecule has 7 nitrogen and oxygen atoms in total. The first-order valence-electron chi connectivity index (χ1n) is 10.9. The van der Waals surface area contributed by atoms with Gasteiger partial charge in [0.15, 0.2) is 5.82 Å². The van der Waals surface area contributed by atoms with E-state index in [2.05, 4.69) is 21.3 Å². The zero-order valence-electron chi connectivity index (χ0n) is 17.7. The van der Waals surface area contributed by atoms with Crippen LogP contribution in [0, 0.1) is 12.8 Å². The SMILES string of the molecule is Cc1ccccc1C1(c2noc(-c3cc(C(F)F)nn3C3CCC(C(=O)O)CC3)n2)CC1. The Labute approximate surface area is 183 Å². The number of rotatable bonds is 6. The van der Waals surface area contributed by atoms with Crippen LogP contribution in [-0.4, -0.2) is 31.0 Å². The van der Waals surface area contributed by atoms with Crippen LogP contribution in [0.25, 0.3) is 11.6 Å². The summed E-state index contributed by atoms with van der Waals surface area (Å²) in [7, 11) is 0. The maximum absolute atomic E-state index is 13.5. The number of aliphatic carboxylic acids is 1. The molecular formula is C23H24F2N4O3. The third-order valence-corrected chi connectivity index (χ3v) is 6.85. The number of hydrogen-bond donors (Lipinski definition) is 1. The molecule has 2 saturated carbocycles. The summed E-state index contributed by atoms with van der Waals surface area (Å²) in [5.41, 5.74) is 2.01. The Bertz CT molecular complexity index is 1140. The third-order valence-electron chi connectivity index (χ3n) is 6.85. The van der Waals surface area contributed by atoms with Gasteiger partial charge in [-0.25, -0.2) is 8.78 Å². The summed E-state index contributed by atoms with van der Waals surface area (Å²) < 4.78 is 34.0. The number of alkyl halides is 2. The second-order valence-corrected chi connectivity index (χ2v) is 8.86. The van der Waals surface area contributed by atoms with Crippen molar-refractivity contribution in [2.75, 3.05) is 0 Å². The first kappa shape index (κ1) is 20.8. The molecule has 5 rings (SSSR count). The summed E-state index contributed by atoms with van der Waals surface area (Å²) in [6.45, 7) is 2.05. The molecule has 2 aromatic heterocycles. The van der Waals surface area contributed by atoms with Gasteiger partial charge in [-0.3, -0.25) is 9.48 Å². The second kappa shape index (κ2) is 7.79. The van der Waals surface area contributed by atoms with Crippen molar-refractivity contribution in [2.24, 2.45) is 5.92 Å². The number of nitrogens with zero attached hydrogens (tertiary/aromatic N) is 4. The number of hydrogen-bond acceptors (Lipinski definition) is 5. The van der Waals surface area contributed by atoms with Gasteiger partial charge in [0.25, 0.3) is 12.3 Å². The molecule has 0 spiro atoms. The van der Waals surface area contributed by atoms with Crippen LogP contribution < -0.4 is 0 Å². The summed E-state index contributed by atoms with van der Waals surface area (Å²) in [6, 6.07) is 9.21. The number of carboxylic acids is 1. The molecule has 3 aromatic rings. The van der Waals surface area contributed by atoms with Crippen molar-refractivity contribution < 1.29 is 23.2 Å². The van der Waals surface area contributed by atoms with E-state index in [1.54, 1.807) is 0 Å². The Morgan fingerprint density at radius 2 is 1.94 bits per heavy atom. The van der Waals surface area contributed by atoms with Crippen molar-refractivity contribution in [3.63, 3.8) is 0 Å². The van der Waals surface area contributed by atoms with Crippen LogP contribution in [0.5, 0.6) is 0 Å². The Kier molecular flexibility index (Phi) is 5.06. The molecule has 168 valence electrons. The normalized spacial score (nSPS) is 22.2. The lowest BCUT2D eigenvalue weighted by Gasteiger charge is -2.27. The summed E-state index contributed by atoms with van der Waals surface area (Å²) in [6.07, 6.45) is 1.12. The van der Waals surface area contributed by atoms with Gasteiger partial charge in [-0.2, -0.15) is 10.1 Å². The highest BCUT2D eigenvalue weighted by Crippen LogP contribution is 2.53. The van der Waals surface area contributed by atoms with Gasteiger partial charge in [-0.1, -0.05) is 29.4 Å². The van der Waals surface area contributed by atoms with E-state index in [1.807, 2.05) is 25.1 Å². The van der Waals surface area contributed by atoms with Crippen LogP contribution in [0.4, 0.5) is 8.78 Å². The Balaban J connectivity index is 1.48. The van der Waals surface area contributed by atoms with Gasteiger partial charge < -0.3 is 9.63 Å². The minimum atomic E-state index is -2.73. The van der Waals surface area contributed by atoms with Crippen LogP contribution in [-0.2, 0) is 10.2 Å². The van der Waals surface area contributed by atoms with E-state index >= 15 is 0 Å². The zero-order valence-corrected chi connectivity index (χ0v) is 17.7. The highest BCUT2D eigenvalue weighted by Gasteiger charge is 2.50. The fourth-order valence-corrected chi connectivity index (χ4v) is 4.90. The van der Waals surface area contributed by atoms with Gasteiger partial charge in [0.2, 0.25) is 0 Å². The summed E-state index contributed by atoms with van der Waals surface area (Å²) in [5, 5.41) is 17.6. The molecule has 1 N–H and O–H groups in total. The van der Waals surface area contributed by atoms with Crippen LogP contribution >= 0.6 is 0 Å². The van der Waals surface area contributed by atoms with E-state index in [0.717, 1.165) is 24.0 Å². The zero-order chi connectivity index (χ0) is 22.5. The van der Waals surface area contributed by atoms with Crippen LogP contribution in [0.3, 0.4) is 0 Å². The van der Waals surface area contributed by atoms with Gasteiger partial charge in [0, 0.05) is 0 Å². The number of aromatic nitrogens is 4. The first-order chi connectivity index (χ1) is 15.4. The van der Waals surface area contributed by atoms with E-state index in [9.17, 15) is 18.7 Å². The van der Waals surface area contributed by atoms with E-state index in [-0.39, 0.29) is 23.0 Å². The second-order valence-electron chi connectivity index (χ2n) is 8.86. The summed E-state index contributed by atoms with van der Waals surface area (Å²) in [4.78, 5) is 15.9. The Morgan fingerprint density at radius 3 is 2.56 bits per heavy atom. The van der Waals surface area contributed by atoms with E-state index in [0.29, 0.717) is 37.2 Å². The lowest BCUT2D eigenvalue weighted by Crippen LogP contribution is -2.24. The number of carbonyl (C=O) groups is 1. The molecule has 1 aromatic carbocycles. The molecule has 0 unspecified atom stereocenters. The molecule has 2 heterocycles.